The maximum atomic E-state index is 13.1. The Kier molecular flexibility index (Phi) is 6.11. The van der Waals surface area contributed by atoms with Crippen molar-refractivity contribution in [2.75, 3.05) is 25.0 Å². The van der Waals surface area contributed by atoms with Crippen molar-refractivity contribution >= 4 is 23.0 Å². The molecule has 166 valence electrons. The number of amides is 1. The molecule has 0 radical (unpaired) electrons. The summed E-state index contributed by atoms with van der Waals surface area (Å²) in [5, 5.41) is 7.36. The Hall–Kier alpha value is -3.81. The quantitative estimate of drug-likeness (QED) is 0.521. The number of benzene rings is 2. The topological polar surface area (TPSA) is 85.1 Å². The van der Waals surface area contributed by atoms with Gasteiger partial charge in [0.05, 0.1) is 31.3 Å². The molecule has 1 heterocycles. The number of nitrogens with one attached hydrogen (secondary N) is 2. The van der Waals surface area contributed by atoms with Crippen LogP contribution in [0, 0.1) is 12.7 Å². The molecule has 0 bridgehead atoms. The van der Waals surface area contributed by atoms with Crippen LogP contribution in [0.5, 0.6) is 11.5 Å². The number of fused-ring (bicyclic) bond motifs is 1. The molecule has 1 aromatic heterocycles. The third kappa shape index (κ3) is 4.30. The van der Waals surface area contributed by atoms with E-state index < -0.39 is 0 Å². The number of furan rings is 1. The van der Waals surface area contributed by atoms with E-state index in [2.05, 4.69) is 15.8 Å². The third-order valence-electron chi connectivity index (χ3n) is 5.35. The van der Waals surface area contributed by atoms with Crippen molar-refractivity contribution in [1.82, 2.24) is 0 Å². The molecule has 0 spiro atoms. The number of hydrogen-bond donors (Lipinski definition) is 2. The van der Waals surface area contributed by atoms with Gasteiger partial charge in [-0.05, 0) is 56.2 Å². The lowest BCUT2D eigenvalue weighted by atomic mass is 9.93. The van der Waals surface area contributed by atoms with Gasteiger partial charge in [-0.3, -0.25) is 10.2 Å². The molecule has 2 aromatic carbocycles. The largest absolute Gasteiger partial charge is 0.497 e. The van der Waals surface area contributed by atoms with E-state index in [4.69, 9.17) is 13.9 Å². The van der Waals surface area contributed by atoms with Crippen LogP contribution in [0.4, 0.5) is 15.8 Å². The Bertz CT molecular complexity index is 1170. The highest BCUT2D eigenvalue weighted by atomic mass is 19.1. The van der Waals surface area contributed by atoms with Crippen LogP contribution in [0.15, 0.2) is 52.0 Å². The number of carbonyl (C=O) groups is 1. The highest BCUT2D eigenvalue weighted by Gasteiger charge is 2.28. The Balaban J connectivity index is 1.60. The number of anilines is 2. The van der Waals surface area contributed by atoms with Gasteiger partial charge in [-0.2, -0.15) is 5.10 Å². The van der Waals surface area contributed by atoms with Gasteiger partial charge in [0.15, 0.2) is 5.76 Å². The summed E-state index contributed by atoms with van der Waals surface area (Å²) in [6.45, 7) is 1.85. The first-order valence-electron chi connectivity index (χ1n) is 10.2. The average molecular weight is 437 g/mol. The minimum atomic E-state index is -0.380. The number of methoxy groups -OCH3 is 2. The minimum absolute atomic E-state index is 0.233. The lowest BCUT2D eigenvalue weighted by Gasteiger charge is -2.13. The van der Waals surface area contributed by atoms with Crippen LogP contribution in [0.2, 0.25) is 0 Å². The van der Waals surface area contributed by atoms with Crippen LogP contribution in [0.3, 0.4) is 0 Å². The van der Waals surface area contributed by atoms with Gasteiger partial charge in [-0.15, -0.1) is 0 Å². The lowest BCUT2D eigenvalue weighted by Crippen LogP contribution is -2.15. The lowest BCUT2D eigenvalue weighted by molar-refractivity contribution is 0.0993. The highest BCUT2D eigenvalue weighted by molar-refractivity contribution is 6.09. The Labute approximate surface area is 185 Å². The van der Waals surface area contributed by atoms with Crippen molar-refractivity contribution in [3.63, 3.8) is 0 Å². The molecule has 0 fully saturated rings. The Morgan fingerprint density at radius 1 is 1.09 bits per heavy atom. The summed E-state index contributed by atoms with van der Waals surface area (Å²) in [7, 11) is 3.09. The van der Waals surface area contributed by atoms with Gasteiger partial charge in [-0.1, -0.05) is 0 Å². The fourth-order valence-corrected chi connectivity index (χ4v) is 3.74. The fraction of sp³-hybridized carbons (Fsp3) is 0.250. The van der Waals surface area contributed by atoms with Crippen LogP contribution in [0.1, 0.15) is 40.3 Å². The van der Waals surface area contributed by atoms with Gasteiger partial charge in [-0.25, -0.2) is 4.39 Å². The number of rotatable bonds is 6. The highest BCUT2D eigenvalue weighted by Crippen LogP contribution is 2.33. The van der Waals surface area contributed by atoms with E-state index >= 15 is 0 Å². The van der Waals surface area contributed by atoms with Gasteiger partial charge in [0, 0.05) is 23.6 Å². The van der Waals surface area contributed by atoms with Crippen LogP contribution in [-0.4, -0.2) is 25.8 Å². The maximum absolute atomic E-state index is 13.1. The van der Waals surface area contributed by atoms with Gasteiger partial charge in [0.1, 0.15) is 23.1 Å². The minimum Gasteiger partial charge on any atom is -0.497 e. The van der Waals surface area contributed by atoms with E-state index in [-0.39, 0.29) is 17.5 Å². The van der Waals surface area contributed by atoms with Crippen LogP contribution in [0.25, 0.3) is 0 Å². The molecule has 0 saturated heterocycles. The van der Waals surface area contributed by atoms with Crippen molar-refractivity contribution < 1.29 is 23.1 Å². The molecular formula is C24H24FN3O4. The van der Waals surface area contributed by atoms with E-state index in [1.54, 1.807) is 37.4 Å². The standard InChI is InChI=1S/C24H24FN3O4/c1-14-22-18(28-27-16-9-7-15(25)8-10-16)5-4-6-21(22)32-23(14)24(29)26-19-13-17(30-2)11-12-20(19)31-3/h7-13,27H,4-6H2,1-3H3,(H,26,29)/b28-18+. The summed E-state index contributed by atoms with van der Waals surface area (Å²) in [6.07, 6.45) is 2.32. The Morgan fingerprint density at radius 3 is 2.59 bits per heavy atom. The first-order valence-corrected chi connectivity index (χ1v) is 10.2. The van der Waals surface area contributed by atoms with Crippen LogP contribution < -0.4 is 20.2 Å². The SMILES string of the molecule is COc1ccc(OC)c(NC(=O)c2oc3c(c2C)/C(=N/Nc2ccc(F)cc2)CCC3)c1. The average Bonchev–Trinajstić information content (AvgIpc) is 3.16. The molecule has 2 N–H and O–H groups in total. The molecular weight excluding hydrogens is 413 g/mol. The van der Waals surface area contributed by atoms with E-state index in [1.807, 2.05) is 6.92 Å². The second kappa shape index (κ2) is 9.13. The molecule has 0 aliphatic heterocycles. The summed E-state index contributed by atoms with van der Waals surface area (Å²) < 4.78 is 29.7. The molecule has 8 heteroatoms. The van der Waals surface area contributed by atoms with Gasteiger partial charge >= 0.3 is 0 Å². The smallest absolute Gasteiger partial charge is 0.291 e. The normalized spacial score (nSPS) is 14.1. The summed E-state index contributed by atoms with van der Waals surface area (Å²) in [5.41, 5.74) is 6.49. The molecule has 4 rings (SSSR count). The Morgan fingerprint density at radius 2 is 1.88 bits per heavy atom. The van der Waals surface area contributed by atoms with Crippen LogP contribution in [-0.2, 0) is 6.42 Å². The number of nitrogens with zero attached hydrogens (tertiary/aromatic N) is 1. The number of aryl methyl sites for hydroxylation is 1. The zero-order valence-corrected chi connectivity index (χ0v) is 18.1. The summed E-state index contributed by atoms with van der Waals surface area (Å²) in [4.78, 5) is 13.0. The second-order valence-corrected chi connectivity index (χ2v) is 7.41. The van der Waals surface area contributed by atoms with Crippen molar-refractivity contribution in [3.05, 3.63) is 70.9 Å². The van der Waals surface area contributed by atoms with Gasteiger partial charge < -0.3 is 19.2 Å². The molecule has 0 unspecified atom stereocenters. The monoisotopic (exact) mass is 437 g/mol. The van der Waals surface area contributed by atoms with Gasteiger partial charge in [0.2, 0.25) is 0 Å². The molecule has 7 nitrogen and oxygen atoms in total. The first kappa shape index (κ1) is 21.4. The van der Waals surface area contributed by atoms with E-state index in [0.717, 1.165) is 41.9 Å². The number of halogens is 1. The number of carbonyl (C=O) groups excluding carboxylic acids is 1. The predicted octanol–water partition coefficient (Wildman–Crippen LogP) is 5.15. The zero-order chi connectivity index (χ0) is 22.7. The van der Waals surface area contributed by atoms with Crippen LogP contribution >= 0.6 is 0 Å². The summed E-state index contributed by atoms with van der Waals surface area (Å²) >= 11 is 0. The fourth-order valence-electron chi connectivity index (χ4n) is 3.74. The van der Waals surface area contributed by atoms with Crippen molar-refractivity contribution in [2.24, 2.45) is 5.10 Å². The van der Waals surface area contributed by atoms with Crippen molar-refractivity contribution in [3.8, 4) is 11.5 Å². The van der Waals surface area contributed by atoms with E-state index in [1.165, 1.54) is 19.2 Å². The first-order chi connectivity index (χ1) is 15.5. The number of ether oxygens (including phenoxy) is 2. The number of hydrazone groups is 1. The molecule has 0 atom stereocenters. The molecule has 1 amide bonds. The molecule has 32 heavy (non-hydrogen) atoms. The second-order valence-electron chi connectivity index (χ2n) is 7.41. The predicted molar refractivity (Wildman–Crippen MR) is 120 cm³/mol. The zero-order valence-electron chi connectivity index (χ0n) is 18.1. The van der Waals surface area contributed by atoms with Crippen molar-refractivity contribution in [1.29, 1.82) is 0 Å². The molecule has 0 saturated carbocycles. The molecule has 1 aliphatic rings. The van der Waals surface area contributed by atoms with E-state index in [0.29, 0.717) is 22.9 Å². The third-order valence-corrected chi connectivity index (χ3v) is 5.35. The summed E-state index contributed by atoms with van der Waals surface area (Å²) in [5.74, 6) is 1.38. The van der Waals surface area contributed by atoms with Crippen molar-refractivity contribution in [2.45, 2.75) is 26.2 Å². The number of hydrogen-bond acceptors (Lipinski definition) is 6. The van der Waals surface area contributed by atoms with Gasteiger partial charge in [0.25, 0.3) is 5.91 Å². The molecule has 1 aliphatic carbocycles. The summed E-state index contributed by atoms with van der Waals surface area (Å²) in [6, 6.07) is 11.1. The molecule has 3 aromatic rings. The maximum Gasteiger partial charge on any atom is 0.291 e. The van der Waals surface area contributed by atoms with E-state index in [9.17, 15) is 9.18 Å².